The van der Waals surface area contributed by atoms with Gasteiger partial charge < -0.3 is 4.74 Å². The normalized spacial score (nSPS) is 24.1. The predicted octanol–water partition coefficient (Wildman–Crippen LogP) is 4.92. The SMILES string of the molecule is CCCCCOC1CCC(c2ccccc2)CC1. The summed E-state index contributed by atoms with van der Waals surface area (Å²) in [6, 6.07) is 11.0. The molecule has 0 radical (unpaired) electrons. The van der Waals surface area contributed by atoms with Gasteiger partial charge in [0, 0.05) is 6.61 Å². The van der Waals surface area contributed by atoms with Crippen molar-refractivity contribution in [3.63, 3.8) is 0 Å². The fourth-order valence-electron chi connectivity index (χ4n) is 2.89. The van der Waals surface area contributed by atoms with Crippen molar-refractivity contribution in [2.24, 2.45) is 0 Å². The largest absolute Gasteiger partial charge is 0.378 e. The van der Waals surface area contributed by atoms with E-state index in [0.29, 0.717) is 6.10 Å². The summed E-state index contributed by atoms with van der Waals surface area (Å²) in [5.74, 6) is 0.765. The van der Waals surface area contributed by atoms with Gasteiger partial charge in [0.1, 0.15) is 0 Å². The third kappa shape index (κ3) is 4.13. The molecule has 1 aliphatic rings. The van der Waals surface area contributed by atoms with Crippen LogP contribution in [0.4, 0.5) is 0 Å². The fraction of sp³-hybridized carbons (Fsp3) is 0.647. The Hall–Kier alpha value is -0.820. The zero-order valence-corrected chi connectivity index (χ0v) is 11.6. The highest BCUT2D eigenvalue weighted by atomic mass is 16.5. The Kier molecular flexibility index (Phi) is 5.73. The van der Waals surface area contributed by atoms with E-state index in [9.17, 15) is 0 Å². The van der Waals surface area contributed by atoms with Crippen molar-refractivity contribution in [2.75, 3.05) is 6.61 Å². The number of hydrogen-bond acceptors (Lipinski definition) is 1. The topological polar surface area (TPSA) is 9.23 Å². The molecule has 0 bridgehead atoms. The molecule has 0 aromatic heterocycles. The second-order valence-corrected chi connectivity index (χ2v) is 5.46. The molecule has 1 aromatic carbocycles. The van der Waals surface area contributed by atoms with Gasteiger partial charge in [-0.05, 0) is 43.6 Å². The summed E-state index contributed by atoms with van der Waals surface area (Å²) < 4.78 is 5.97. The first-order valence-electron chi connectivity index (χ1n) is 7.56. The highest BCUT2D eigenvalue weighted by Gasteiger charge is 2.22. The molecule has 18 heavy (non-hydrogen) atoms. The molecule has 0 atom stereocenters. The maximum absolute atomic E-state index is 5.97. The molecule has 1 fully saturated rings. The van der Waals surface area contributed by atoms with E-state index in [2.05, 4.69) is 37.3 Å². The molecule has 1 nitrogen and oxygen atoms in total. The molecule has 0 N–H and O–H groups in total. The monoisotopic (exact) mass is 246 g/mol. The third-order valence-electron chi connectivity index (χ3n) is 4.05. The number of hydrogen-bond donors (Lipinski definition) is 0. The molecule has 1 aliphatic carbocycles. The summed E-state index contributed by atoms with van der Waals surface area (Å²) >= 11 is 0. The second kappa shape index (κ2) is 7.58. The molecule has 1 heteroatoms. The molecule has 0 aliphatic heterocycles. The van der Waals surface area contributed by atoms with Crippen LogP contribution in [0, 0.1) is 0 Å². The number of unbranched alkanes of at least 4 members (excludes halogenated alkanes) is 2. The van der Waals surface area contributed by atoms with Gasteiger partial charge in [-0.25, -0.2) is 0 Å². The van der Waals surface area contributed by atoms with Gasteiger partial charge in [-0.2, -0.15) is 0 Å². The van der Waals surface area contributed by atoms with E-state index in [-0.39, 0.29) is 0 Å². The van der Waals surface area contributed by atoms with Crippen molar-refractivity contribution in [1.82, 2.24) is 0 Å². The van der Waals surface area contributed by atoms with Gasteiger partial charge in [0.15, 0.2) is 0 Å². The van der Waals surface area contributed by atoms with E-state index < -0.39 is 0 Å². The Morgan fingerprint density at radius 1 is 1.00 bits per heavy atom. The molecule has 0 saturated heterocycles. The summed E-state index contributed by atoms with van der Waals surface area (Å²) in [4.78, 5) is 0. The van der Waals surface area contributed by atoms with E-state index in [4.69, 9.17) is 4.74 Å². The van der Waals surface area contributed by atoms with Crippen molar-refractivity contribution >= 4 is 0 Å². The van der Waals surface area contributed by atoms with Gasteiger partial charge in [0.05, 0.1) is 6.10 Å². The van der Waals surface area contributed by atoms with Crippen LogP contribution in [-0.2, 0) is 4.74 Å². The van der Waals surface area contributed by atoms with Crippen molar-refractivity contribution in [2.45, 2.75) is 63.9 Å². The Labute approximate surface area is 112 Å². The van der Waals surface area contributed by atoms with Crippen molar-refractivity contribution < 1.29 is 4.74 Å². The minimum absolute atomic E-state index is 0.529. The van der Waals surface area contributed by atoms with Crippen LogP contribution < -0.4 is 0 Å². The van der Waals surface area contributed by atoms with Crippen LogP contribution in [0.25, 0.3) is 0 Å². The smallest absolute Gasteiger partial charge is 0.0575 e. The predicted molar refractivity (Wildman–Crippen MR) is 76.9 cm³/mol. The van der Waals surface area contributed by atoms with Gasteiger partial charge in [0.2, 0.25) is 0 Å². The van der Waals surface area contributed by atoms with Crippen molar-refractivity contribution in [1.29, 1.82) is 0 Å². The van der Waals surface area contributed by atoms with Crippen LogP contribution in [0.3, 0.4) is 0 Å². The minimum atomic E-state index is 0.529. The summed E-state index contributed by atoms with van der Waals surface area (Å²) in [6.07, 6.45) is 9.42. The molecule has 100 valence electrons. The van der Waals surface area contributed by atoms with Crippen LogP contribution in [0.5, 0.6) is 0 Å². The molecule has 0 unspecified atom stereocenters. The maximum Gasteiger partial charge on any atom is 0.0575 e. The summed E-state index contributed by atoms with van der Waals surface area (Å²) in [5.41, 5.74) is 1.52. The average Bonchev–Trinajstić information content (AvgIpc) is 2.45. The van der Waals surface area contributed by atoms with Crippen molar-refractivity contribution in [3.05, 3.63) is 35.9 Å². The van der Waals surface area contributed by atoms with Crippen LogP contribution in [-0.4, -0.2) is 12.7 Å². The lowest BCUT2D eigenvalue weighted by Gasteiger charge is -2.28. The number of ether oxygens (including phenoxy) is 1. The van der Waals surface area contributed by atoms with Gasteiger partial charge in [0.25, 0.3) is 0 Å². The van der Waals surface area contributed by atoms with E-state index in [1.807, 2.05) is 0 Å². The van der Waals surface area contributed by atoms with E-state index in [1.165, 1.54) is 50.5 Å². The summed E-state index contributed by atoms with van der Waals surface area (Å²) in [7, 11) is 0. The second-order valence-electron chi connectivity index (χ2n) is 5.46. The molecular formula is C17H26O. The molecule has 2 rings (SSSR count). The Bertz CT molecular complexity index is 312. The lowest BCUT2D eigenvalue weighted by atomic mass is 9.83. The first-order valence-corrected chi connectivity index (χ1v) is 7.56. The fourth-order valence-corrected chi connectivity index (χ4v) is 2.89. The molecule has 0 heterocycles. The van der Waals surface area contributed by atoms with Crippen LogP contribution in [0.1, 0.15) is 63.4 Å². The van der Waals surface area contributed by atoms with E-state index in [1.54, 1.807) is 0 Å². The van der Waals surface area contributed by atoms with E-state index in [0.717, 1.165) is 12.5 Å². The number of benzene rings is 1. The minimum Gasteiger partial charge on any atom is -0.378 e. The maximum atomic E-state index is 5.97. The molecule has 1 aromatic rings. The Morgan fingerprint density at radius 2 is 1.72 bits per heavy atom. The standard InChI is InChI=1S/C17H26O/c1-2-3-7-14-18-17-12-10-16(11-13-17)15-8-5-4-6-9-15/h4-6,8-9,16-17H,2-3,7,10-14H2,1H3. The Balaban J connectivity index is 1.68. The zero-order valence-electron chi connectivity index (χ0n) is 11.6. The van der Waals surface area contributed by atoms with Gasteiger partial charge in [-0.3, -0.25) is 0 Å². The van der Waals surface area contributed by atoms with Crippen molar-refractivity contribution in [3.8, 4) is 0 Å². The van der Waals surface area contributed by atoms with Crippen LogP contribution >= 0.6 is 0 Å². The molecular weight excluding hydrogens is 220 g/mol. The summed E-state index contributed by atoms with van der Waals surface area (Å²) in [5, 5.41) is 0. The van der Waals surface area contributed by atoms with Gasteiger partial charge in [-0.1, -0.05) is 50.1 Å². The molecule has 0 amide bonds. The third-order valence-corrected chi connectivity index (χ3v) is 4.05. The average molecular weight is 246 g/mol. The first-order chi connectivity index (χ1) is 8.90. The van der Waals surface area contributed by atoms with Gasteiger partial charge in [-0.15, -0.1) is 0 Å². The highest BCUT2D eigenvalue weighted by Crippen LogP contribution is 2.33. The van der Waals surface area contributed by atoms with Crippen LogP contribution in [0.2, 0.25) is 0 Å². The van der Waals surface area contributed by atoms with Crippen LogP contribution in [0.15, 0.2) is 30.3 Å². The first kappa shape index (κ1) is 13.6. The number of rotatable bonds is 6. The Morgan fingerprint density at radius 3 is 2.39 bits per heavy atom. The highest BCUT2D eigenvalue weighted by molar-refractivity contribution is 5.19. The zero-order chi connectivity index (χ0) is 12.6. The quantitative estimate of drug-likeness (QED) is 0.647. The lowest BCUT2D eigenvalue weighted by molar-refractivity contribution is 0.0227. The lowest BCUT2D eigenvalue weighted by Crippen LogP contribution is -2.21. The molecule has 0 spiro atoms. The molecule has 1 saturated carbocycles. The summed E-state index contributed by atoms with van der Waals surface area (Å²) in [6.45, 7) is 3.21. The van der Waals surface area contributed by atoms with E-state index >= 15 is 0 Å². The van der Waals surface area contributed by atoms with Gasteiger partial charge >= 0.3 is 0 Å².